The summed E-state index contributed by atoms with van der Waals surface area (Å²) in [6.45, 7) is 2.24. The van der Waals surface area contributed by atoms with Crippen LogP contribution in [0.4, 0.5) is 0 Å². The Kier molecular flexibility index (Phi) is 14.3. The standard InChI is InChI=1S/C16H32O4/c1-2-3-4-5-6-7-8-9-10-11-12-13-14-15(20-19)16(17)18/h15,19H,2-14H2,1H3,(H,17,18)/t15-/m1/s1. The third-order valence-electron chi connectivity index (χ3n) is 3.72. The van der Waals surface area contributed by atoms with Crippen molar-refractivity contribution in [2.75, 3.05) is 0 Å². The lowest BCUT2D eigenvalue weighted by molar-refractivity contribution is -0.277. The number of carbonyl (C=O) groups is 1. The lowest BCUT2D eigenvalue weighted by Gasteiger charge is -2.07. The van der Waals surface area contributed by atoms with E-state index in [1.165, 1.54) is 57.8 Å². The Labute approximate surface area is 123 Å². The molecule has 0 radical (unpaired) electrons. The number of carboxylic acid groups (broad SMARTS) is 1. The first-order chi connectivity index (χ1) is 9.72. The third kappa shape index (κ3) is 12.4. The molecular weight excluding hydrogens is 256 g/mol. The molecule has 0 aromatic heterocycles. The molecule has 4 nitrogen and oxygen atoms in total. The summed E-state index contributed by atoms with van der Waals surface area (Å²) in [7, 11) is 0. The third-order valence-corrected chi connectivity index (χ3v) is 3.72. The maximum absolute atomic E-state index is 10.6. The lowest BCUT2D eigenvalue weighted by Crippen LogP contribution is -2.22. The molecule has 0 heterocycles. The zero-order chi connectivity index (χ0) is 15.1. The molecule has 0 saturated heterocycles. The molecule has 0 aliphatic carbocycles. The molecule has 0 spiro atoms. The summed E-state index contributed by atoms with van der Waals surface area (Å²) in [5, 5.41) is 17.1. The summed E-state index contributed by atoms with van der Waals surface area (Å²) in [6.07, 6.45) is 14.3. The fourth-order valence-corrected chi connectivity index (χ4v) is 2.39. The highest BCUT2D eigenvalue weighted by atomic mass is 17.1. The fraction of sp³-hybridized carbons (Fsp3) is 0.938. The van der Waals surface area contributed by atoms with Crippen LogP contribution in [0.2, 0.25) is 0 Å². The number of hydrogen-bond acceptors (Lipinski definition) is 3. The van der Waals surface area contributed by atoms with Crippen LogP contribution in [0.25, 0.3) is 0 Å². The Bertz CT molecular complexity index is 219. The maximum Gasteiger partial charge on any atom is 0.336 e. The molecule has 2 N–H and O–H groups in total. The van der Waals surface area contributed by atoms with Crippen LogP contribution in [-0.4, -0.2) is 22.4 Å². The van der Waals surface area contributed by atoms with Crippen LogP contribution in [0, 0.1) is 0 Å². The van der Waals surface area contributed by atoms with Crippen molar-refractivity contribution in [3.05, 3.63) is 0 Å². The largest absolute Gasteiger partial charge is 0.479 e. The average Bonchev–Trinajstić information content (AvgIpc) is 2.43. The predicted octanol–water partition coefficient (Wildman–Crippen LogP) is 5.02. The van der Waals surface area contributed by atoms with Crippen molar-refractivity contribution >= 4 is 5.97 Å². The zero-order valence-electron chi connectivity index (χ0n) is 13.0. The van der Waals surface area contributed by atoms with Crippen molar-refractivity contribution in [2.45, 2.75) is 96.5 Å². The molecule has 0 aromatic carbocycles. The minimum Gasteiger partial charge on any atom is -0.479 e. The molecule has 0 bridgehead atoms. The molecule has 20 heavy (non-hydrogen) atoms. The summed E-state index contributed by atoms with van der Waals surface area (Å²) >= 11 is 0. The normalized spacial score (nSPS) is 12.5. The number of carboxylic acids is 1. The highest BCUT2D eigenvalue weighted by molar-refractivity contribution is 5.72. The Morgan fingerprint density at radius 3 is 1.60 bits per heavy atom. The lowest BCUT2D eigenvalue weighted by atomic mass is 10.0. The van der Waals surface area contributed by atoms with E-state index < -0.39 is 12.1 Å². The predicted molar refractivity (Wildman–Crippen MR) is 80.8 cm³/mol. The Balaban J connectivity index is 3.15. The highest BCUT2D eigenvalue weighted by Crippen LogP contribution is 2.13. The van der Waals surface area contributed by atoms with Crippen LogP contribution in [0.5, 0.6) is 0 Å². The molecule has 4 heteroatoms. The van der Waals surface area contributed by atoms with Gasteiger partial charge in [-0.3, -0.25) is 5.26 Å². The van der Waals surface area contributed by atoms with Crippen molar-refractivity contribution in [2.24, 2.45) is 0 Å². The van der Waals surface area contributed by atoms with E-state index in [2.05, 4.69) is 11.8 Å². The molecule has 0 rings (SSSR count). The second kappa shape index (κ2) is 14.8. The smallest absolute Gasteiger partial charge is 0.336 e. The van der Waals surface area contributed by atoms with Gasteiger partial charge in [0.25, 0.3) is 0 Å². The molecule has 0 aliphatic rings. The van der Waals surface area contributed by atoms with Crippen molar-refractivity contribution in [1.29, 1.82) is 0 Å². The Morgan fingerprint density at radius 2 is 1.25 bits per heavy atom. The van der Waals surface area contributed by atoms with Crippen LogP contribution in [0.15, 0.2) is 0 Å². The van der Waals surface area contributed by atoms with E-state index in [0.29, 0.717) is 6.42 Å². The van der Waals surface area contributed by atoms with Gasteiger partial charge in [0.05, 0.1) is 0 Å². The van der Waals surface area contributed by atoms with Crippen LogP contribution < -0.4 is 0 Å². The van der Waals surface area contributed by atoms with Crippen LogP contribution >= 0.6 is 0 Å². The maximum atomic E-state index is 10.6. The van der Waals surface area contributed by atoms with Gasteiger partial charge in [0, 0.05) is 0 Å². The van der Waals surface area contributed by atoms with E-state index in [4.69, 9.17) is 10.4 Å². The summed E-state index contributed by atoms with van der Waals surface area (Å²) in [5.74, 6) is -1.09. The van der Waals surface area contributed by atoms with E-state index in [1.54, 1.807) is 0 Å². The van der Waals surface area contributed by atoms with Gasteiger partial charge in [-0.15, -0.1) is 0 Å². The average molecular weight is 288 g/mol. The number of rotatable bonds is 15. The van der Waals surface area contributed by atoms with Crippen molar-refractivity contribution in [3.63, 3.8) is 0 Å². The van der Waals surface area contributed by atoms with E-state index >= 15 is 0 Å². The Hall–Kier alpha value is -0.610. The van der Waals surface area contributed by atoms with Gasteiger partial charge >= 0.3 is 5.97 Å². The topological polar surface area (TPSA) is 66.8 Å². The molecule has 0 saturated carbocycles. The van der Waals surface area contributed by atoms with Gasteiger partial charge < -0.3 is 5.11 Å². The van der Waals surface area contributed by atoms with Gasteiger partial charge in [-0.1, -0.05) is 84.0 Å². The molecule has 0 unspecified atom stereocenters. The van der Waals surface area contributed by atoms with Gasteiger partial charge in [-0.25, -0.2) is 9.68 Å². The molecule has 0 fully saturated rings. The van der Waals surface area contributed by atoms with Crippen molar-refractivity contribution in [1.82, 2.24) is 0 Å². The molecule has 1 atom stereocenters. The van der Waals surface area contributed by atoms with E-state index in [-0.39, 0.29) is 0 Å². The van der Waals surface area contributed by atoms with Crippen LogP contribution in [0.3, 0.4) is 0 Å². The minimum absolute atomic E-state index is 0.392. The second-order valence-electron chi connectivity index (χ2n) is 5.61. The second-order valence-corrected chi connectivity index (χ2v) is 5.61. The highest BCUT2D eigenvalue weighted by Gasteiger charge is 2.16. The first kappa shape index (κ1) is 19.4. The number of unbranched alkanes of at least 4 members (excludes halogenated alkanes) is 11. The van der Waals surface area contributed by atoms with Gasteiger partial charge in [0.15, 0.2) is 6.10 Å². The zero-order valence-corrected chi connectivity index (χ0v) is 13.0. The molecular formula is C16H32O4. The summed E-state index contributed by atoms with van der Waals surface area (Å²) < 4.78 is 0. The summed E-state index contributed by atoms with van der Waals surface area (Å²) in [6, 6.07) is 0. The van der Waals surface area contributed by atoms with E-state index in [1.807, 2.05) is 0 Å². The van der Waals surface area contributed by atoms with Crippen molar-refractivity contribution in [3.8, 4) is 0 Å². The Morgan fingerprint density at radius 1 is 0.850 bits per heavy atom. The summed E-state index contributed by atoms with van der Waals surface area (Å²) in [4.78, 5) is 14.5. The number of aliphatic carboxylic acids is 1. The van der Waals surface area contributed by atoms with E-state index in [0.717, 1.165) is 19.3 Å². The fourth-order valence-electron chi connectivity index (χ4n) is 2.39. The first-order valence-corrected chi connectivity index (χ1v) is 8.25. The van der Waals surface area contributed by atoms with Crippen LogP contribution in [-0.2, 0) is 9.68 Å². The quantitative estimate of drug-likeness (QED) is 0.252. The molecule has 0 aromatic rings. The first-order valence-electron chi connectivity index (χ1n) is 8.25. The van der Waals surface area contributed by atoms with Gasteiger partial charge in [-0.05, 0) is 6.42 Å². The summed E-state index contributed by atoms with van der Waals surface area (Å²) in [5.41, 5.74) is 0. The van der Waals surface area contributed by atoms with Gasteiger partial charge in [-0.2, -0.15) is 0 Å². The number of hydrogen-bond donors (Lipinski definition) is 2. The molecule has 0 aliphatic heterocycles. The van der Waals surface area contributed by atoms with Crippen LogP contribution in [0.1, 0.15) is 90.4 Å². The minimum atomic E-state index is -1.09. The van der Waals surface area contributed by atoms with Crippen molar-refractivity contribution < 1.29 is 20.0 Å². The SMILES string of the molecule is CCCCCCCCCCCCCC[C@@H](OO)C(=O)O. The monoisotopic (exact) mass is 288 g/mol. The van der Waals surface area contributed by atoms with Gasteiger partial charge in [0.2, 0.25) is 0 Å². The van der Waals surface area contributed by atoms with Gasteiger partial charge in [0.1, 0.15) is 0 Å². The van der Waals surface area contributed by atoms with E-state index in [9.17, 15) is 4.79 Å². The molecule has 0 amide bonds. The molecule has 120 valence electrons.